The number of carbonyl (C=O) groups is 2. The van der Waals surface area contributed by atoms with Crippen molar-refractivity contribution < 1.29 is 14.3 Å². The Kier molecular flexibility index (Phi) is 4.08. The van der Waals surface area contributed by atoms with Crippen LogP contribution < -0.4 is 10.1 Å². The second-order valence-electron chi connectivity index (χ2n) is 6.25. The second-order valence-corrected chi connectivity index (χ2v) is 6.25. The number of amides is 2. The molecule has 1 saturated heterocycles. The van der Waals surface area contributed by atoms with Crippen LogP contribution in [0.2, 0.25) is 0 Å². The average Bonchev–Trinajstić information content (AvgIpc) is 3.09. The molecule has 0 spiro atoms. The Bertz CT molecular complexity index is 962. The first kappa shape index (κ1) is 16.2. The highest BCUT2D eigenvalue weighted by Crippen LogP contribution is 2.33. The molecule has 26 heavy (non-hydrogen) atoms. The quantitative estimate of drug-likeness (QED) is 0.695. The minimum Gasteiger partial charge on any atom is -0.497 e. The summed E-state index contributed by atoms with van der Waals surface area (Å²) in [6.45, 7) is 0.582. The average molecular weight is 349 g/mol. The van der Waals surface area contributed by atoms with Gasteiger partial charge in [-0.15, -0.1) is 0 Å². The molecule has 1 fully saturated rings. The largest absolute Gasteiger partial charge is 0.497 e. The molecular weight excluding hydrogens is 330 g/mol. The first-order valence-corrected chi connectivity index (χ1v) is 8.48. The van der Waals surface area contributed by atoms with Gasteiger partial charge in [0.2, 0.25) is 5.91 Å². The van der Waals surface area contributed by atoms with Gasteiger partial charge in [0, 0.05) is 41.3 Å². The van der Waals surface area contributed by atoms with Crippen molar-refractivity contribution in [2.24, 2.45) is 0 Å². The van der Waals surface area contributed by atoms with Gasteiger partial charge < -0.3 is 19.9 Å². The van der Waals surface area contributed by atoms with E-state index >= 15 is 0 Å². The summed E-state index contributed by atoms with van der Waals surface area (Å²) in [6.07, 6.45) is 2.29. The second kappa shape index (κ2) is 6.55. The van der Waals surface area contributed by atoms with E-state index in [0.717, 1.165) is 16.5 Å². The number of aromatic amines is 1. The van der Waals surface area contributed by atoms with E-state index in [0.29, 0.717) is 24.4 Å². The van der Waals surface area contributed by atoms with Crippen LogP contribution in [0.15, 0.2) is 54.7 Å². The highest BCUT2D eigenvalue weighted by atomic mass is 16.5. The van der Waals surface area contributed by atoms with E-state index in [1.807, 2.05) is 30.5 Å². The first-order chi connectivity index (χ1) is 12.7. The van der Waals surface area contributed by atoms with Gasteiger partial charge >= 0.3 is 0 Å². The lowest BCUT2D eigenvalue weighted by Gasteiger charge is -2.37. The number of methoxy groups -OCH3 is 1. The molecule has 0 aliphatic carbocycles. The van der Waals surface area contributed by atoms with Crippen molar-refractivity contribution in [1.82, 2.24) is 9.88 Å². The van der Waals surface area contributed by atoms with Gasteiger partial charge in [-0.1, -0.05) is 18.2 Å². The molecule has 132 valence electrons. The van der Waals surface area contributed by atoms with E-state index in [-0.39, 0.29) is 11.8 Å². The zero-order valence-corrected chi connectivity index (χ0v) is 14.4. The fourth-order valence-electron chi connectivity index (χ4n) is 3.26. The van der Waals surface area contributed by atoms with Crippen molar-refractivity contribution in [2.75, 3.05) is 19.0 Å². The van der Waals surface area contributed by atoms with Crippen LogP contribution in [0.25, 0.3) is 10.9 Å². The van der Waals surface area contributed by atoms with Crippen LogP contribution in [0.1, 0.15) is 18.0 Å². The molecule has 2 amide bonds. The fraction of sp³-hybridized carbons (Fsp3) is 0.200. The number of fused-ring (bicyclic) bond motifs is 1. The van der Waals surface area contributed by atoms with Gasteiger partial charge in [0.05, 0.1) is 7.11 Å². The summed E-state index contributed by atoms with van der Waals surface area (Å²) in [6, 6.07) is 14.2. The van der Waals surface area contributed by atoms with E-state index in [9.17, 15) is 9.59 Å². The molecule has 0 saturated carbocycles. The van der Waals surface area contributed by atoms with Crippen LogP contribution in [-0.4, -0.2) is 35.4 Å². The topological polar surface area (TPSA) is 74.4 Å². The number of anilines is 1. The van der Waals surface area contributed by atoms with Gasteiger partial charge in [0.15, 0.2) is 0 Å². The first-order valence-electron chi connectivity index (χ1n) is 8.48. The summed E-state index contributed by atoms with van der Waals surface area (Å²) in [5, 5.41) is 3.86. The summed E-state index contributed by atoms with van der Waals surface area (Å²) in [4.78, 5) is 29.9. The minimum absolute atomic E-state index is 0.00911. The van der Waals surface area contributed by atoms with Gasteiger partial charge in [-0.25, -0.2) is 0 Å². The smallest absolute Gasteiger partial charge is 0.251 e. The molecule has 6 nitrogen and oxygen atoms in total. The maximum atomic E-state index is 13.0. The number of nitrogens with one attached hydrogen (secondary N) is 2. The molecule has 2 aromatic carbocycles. The number of H-pyrrole nitrogens is 1. The zero-order chi connectivity index (χ0) is 18.1. The summed E-state index contributed by atoms with van der Waals surface area (Å²) in [5.41, 5.74) is 2.41. The van der Waals surface area contributed by atoms with E-state index in [2.05, 4.69) is 10.3 Å². The van der Waals surface area contributed by atoms with Gasteiger partial charge in [0.25, 0.3) is 5.91 Å². The molecule has 0 radical (unpaired) electrons. The molecule has 1 unspecified atom stereocenters. The van der Waals surface area contributed by atoms with Crippen molar-refractivity contribution in [2.45, 2.75) is 12.5 Å². The summed E-state index contributed by atoms with van der Waals surface area (Å²) < 4.78 is 5.14. The Hall–Kier alpha value is -3.28. The Labute approximate surface area is 150 Å². The minimum atomic E-state index is -0.658. The molecule has 2 N–H and O–H groups in total. The number of rotatable bonds is 5. The van der Waals surface area contributed by atoms with E-state index in [1.54, 1.807) is 36.3 Å². The number of hydrogen-bond acceptors (Lipinski definition) is 3. The lowest BCUT2D eigenvalue weighted by Crippen LogP contribution is -2.49. The number of benzene rings is 2. The number of likely N-dealkylation sites (tertiary alicyclic amines) is 1. The Balaban J connectivity index is 1.66. The monoisotopic (exact) mass is 349 g/mol. The normalized spacial score (nSPS) is 14.8. The van der Waals surface area contributed by atoms with Crippen LogP contribution in [0.3, 0.4) is 0 Å². The molecule has 1 aliphatic heterocycles. The van der Waals surface area contributed by atoms with Gasteiger partial charge in [0.1, 0.15) is 11.8 Å². The number of nitrogens with zero attached hydrogens (tertiary/aromatic N) is 1. The summed E-state index contributed by atoms with van der Waals surface area (Å²) in [7, 11) is 1.59. The van der Waals surface area contributed by atoms with E-state index in [4.69, 9.17) is 4.74 Å². The van der Waals surface area contributed by atoms with Gasteiger partial charge in [-0.3, -0.25) is 9.59 Å². The Morgan fingerprint density at radius 3 is 2.62 bits per heavy atom. The lowest BCUT2D eigenvalue weighted by atomic mass is 9.99. The molecule has 1 aliphatic rings. The Morgan fingerprint density at radius 1 is 1.19 bits per heavy atom. The molecule has 6 heteroatoms. The number of para-hydroxylation sites is 1. The molecule has 1 aromatic heterocycles. The van der Waals surface area contributed by atoms with E-state index in [1.165, 1.54) is 0 Å². The number of carbonyl (C=O) groups excluding carboxylic acids is 2. The maximum Gasteiger partial charge on any atom is 0.251 e. The number of hydrogen-bond donors (Lipinski definition) is 2. The lowest BCUT2D eigenvalue weighted by molar-refractivity contribution is -0.147. The zero-order valence-electron chi connectivity index (χ0n) is 14.4. The molecule has 3 aromatic rings. The maximum absolute atomic E-state index is 13.0. The summed E-state index contributed by atoms with van der Waals surface area (Å²) in [5.74, 6) is 0.479. The molecule has 4 rings (SSSR count). The fourth-order valence-corrected chi connectivity index (χ4v) is 3.26. The standard InChI is InChI=1S/C20H19N3O3/c1-26-14-8-6-13(7-9-14)22-20(25)19(23-11-10-18(23)24)16-12-21-17-5-3-2-4-15(16)17/h2-9,12,19,21H,10-11H2,1H3,(H,22,25). The predicted molar refractivity (Wildman–Crippen MR) is 99.0 cm³/mol. The highest BCUT2D eigenvalue weighted by Gasteiger charge is 2.37. The number of aromatic nitrogens is 1. The van der Waals surface area contributed by atoms with Crippen molar-refractivity contribution in [3.8, 4) is 5.75 Å². The van der Waals surface area contributed by atoms with Crippen LogP contribution in [0, 0.1) is 0 Å². The third-order valence-electron chi connectivity index (χ3n) is 4.72. The van der Waals surface area contributed by atoms with Crippen molar-refractivity contribution in [1.29, 1.82) is 0 Å². The SMILES string of the molecule is COc1ccc(NC(=O)C(c2c[nH]c3ccccc23)N2CCC2=O)cc1. The molecule has 0 bridgehead atoms. The predicted octanol–water partition coefficient (Wildman–Crippen LogP) is 3.09. The number of ether oxygens (including phenoxy) is 1. The van der Waals surface area contributed by atoms with Crippen molar-refractivity contribution in [3.63, 3.8) is 0 Å². The van der Waals surface area contributed by atoms with Gasteiger partial charge in [-0.05, 0) is 30.3 Å². The molecule has 1 atom stereocenters. The van der Waals surface area contributed by atoms with Crippen LogP contribution in [0.5, 0.6) is 5.75 Å². The van der Waals surface area contributed by atoms with Crippen LogP contribution in [0.4, 0.5) is 5.69 Å². The van der Waals surface area contributed by atoms with Crippen molar-refractivity contribution >= 4 is 28.4 Å². The van der Waals surface area contributed by atoms with Crippen molar-refractivity contribution in [3.05, 3.63) is 60.3 Å². The number of β-lactam (4-membered cyclic amide) rings is 1. The van der Waals surface area contributed by atoms with Gasteiger partial charge in [-0.2, -0.15) is 0 Å². The van der Waals surface area contributed by atoms with E-state index < -0.39 is 6.04 Å². The third kappa shape index (κ3) is 2.79. The van der Waals surface area contributed by atoms with Crippen LogP contribution in [-0.2, 0) is 9.59 Å². The summed E-state index contributed by atoms with van der Waals surface area (Å²) >= 11 is 0. The van der Waals surface area contributed by atoms with Crippen LogP contribution >= 0.6 is 0 Å². The highest BCUT2D eigenvalue weighted by molar-refractivity contribution is 6.01. The third-order valence-corrected chi connectivity index (χ3v) is 4.72. The molecule has 2 heterocycles. The molecular formula is C20H19N3O3. The Morgan fingerprint density at radius 2 is 1.96 bits per heavy atom.